The summed E-state index contributed by atoms with van der Waals surface area (Å²) in [6.45, 7) is 0.151. The van der Waals surface area contributed by atoms with Crippen LogP contribution in [0.3, 0.4) is 0 Å². The number of aromatic carboxylic acids is 1. The molecule has 4 rings (SSSR count). The summed E-state index contributed by atoms with van der Waals surface area (Å²) in [6, 6.07) is 17.3. The van der Waals surface area contributed by atoms with Gasteiger partial charge in [-0.3, -0.25) is 5.32 Å². The van der Waals surface area contributed by atoms with E-state index in [9.17, 15) is 9.59 Å². The minimum Gasteiger partial charge on any atom is -0.477 e. The third-order valence-electron chi connectivity index (χ3n) is 4.43. The summed E-state index contributed by atoms with van der Waals surface area (Å²) in [5.74, 6) is -1.38. The number of benzene rings is 2. The van der Waals surface area contributed by atoms with Gasteiger partial charge < -0.3 is 9.84 Å². The molecule has 0 atom stereocenters. The Morgan fingerprint density at radius 1 is 1.00 bits per heavy atom. The van der Waals surface area contributed by atoms with E-state index in [-0.39, 0.29) is 24.2 Å². The molecule has 134 valence electrons. The molecule has 7 nitrogen and oxygen atoms in total. The summed E-state index contributed by atoms with van der Waals surface area (Å²) >= 11 is 0. The standard InChI is InChI=1S/C20H15N3O4/c24-18(25)17-9-10-21-19(22-17)23-20(26)27-11-16-14-7-3-1-5-12(14)13-6-2-4-8-15(13)16/h1-10,16H,11H2,(H,24,25)(H,21,22,23,26). The lowest BCUT2D eigenvalue weighted by Crippen LogP contribution is -2.19. The molecule has 1 aromatic heterocycles. The number of carbonyl (C=O) groups excluding carboxylic acids is 1. The monoisotopic (exact) mass is 361 g/mol. The van der Waals surface area contributed by atoms with Gasteiger partial charge in [-0.2, -0.15) is 0 Å². The van der Waals surface area contributed by atoms with Crippen molar-refractivity contribution >= 4 is 18.0 Å². The lowest BCUT2D eigenvalue weighted by molar-refractivity contribution is 0.0690. The average Bonchev–Trinajstić information content (AvgIpc) is 3.00. The van der Waals surface area contributed by atoms with Crippen molar-refractivity contribution in [2.24, 2.45) is 0 Å². The number of nitrogens with one attached hydrogen (secondary N) is 1. The van der Waals surface area contributed by atoms with Gasteiger partial charge in [0.05, 0.1) is 0 Å². The highest BCUT2D eigenvalue weighted by Crippen LogP contribution is 2.44. The summed E-state index contributed by atoms with van der Waals surface area (Å²) in [6.07, 6.45) is 0.523. The SMILES string of the molecule is O=C(Nc1nccc(C(=O)O)n1)OCC1c2ccccc2-c2ccccc21. The maximum atomic E-state index is 12.1. The van der Waals surface area contributed by atoms with Gasteiger partial charge in [-0.25, -0.2) is 19.6 Å². The molecule has 1 heterocycles. The van der Waals surface area contributed by atoms with E-state index in [0.717, 1.165) is 22.3 Å². The van der Waals surface area contributed by atoms with Crippen LogP contribution < -0.4 is 5.32 Å². The molecule has 0 aliphatic heterocycles. The second-order valence-electron chi connectivity index (χ2n) is 6.02. The first-order valence-corrected chi connectivity index (χ1v) is 8.32. The number of carboxylic acid groups (broad SMARTS) is 1. The predicted molar refractivity (Wildman–Crippen MR) is 97.7 cm³/mol. The summed E-state index contributed by atoms with van der Waals surface area (Å²) in [4.78, 5) is 30.6. The number of aromatic nitrogens is 2. The Bertz CT molecular complexity index is 989. The zero-order valence-electron chi connectivity index (χ0n) is 14.1. The molecule has 2 N–H and O–H groups in total. The fraction of sp³-hybridized carbons (Fsp3) is 0.100. The van der Waals surface area contributed by atoms with Gasteiger partial charge in [-0.05, 0) is 28.3 Å². The van der Waals surface area contributed by atoms with Gasteiger partial charge in [0.2, 0.25) is 5.95 Å². The molecule has 1 amide bonds. The number of rotatable bonds is 4. The molecular formula is C20H15N3O4. The first-order chi connectivity index (χ1) is 13.1. The van der Waals surface area contributed by atoms with Crippen molar-refractivity contribution in [1.29, 1.82) is 0 Å². The molecule has 0 unspecified atom stereocenters. The van der Waals surface area contributed by atoms with Crippen molar-refractivity contribution in [3.8, 4) is 11.1 Å². The molecule has 0 spiro atoms. The summed E-state index contributed by atoms with van der Waals surface area (Å²) in [7, 11) is 0. The van der Waals surface area contributed by atoms with Crippen molar-refractivity contribution in [3.63, 3.8) is 0 Å². The van der Waals surface area contributed by atoms with Crippen LogP contribution in [0.15, 0.2) is 60.8 Å². The molecule has 0 saturated carbocycles. The molecule has 0 radical (unpaired) electrons. The van der Waals surface area contributed by atoms with Crippen LogP contribution in [0.25, 0.3) is 11.1 Å². The molecule has 2 aromatic carbocycles. The van der Waals surface area contributed by atoms with Gasteiger partial charge in [-0.15, -0.1) is 0 Å². The number of hydrogen-bond acceptors (Lipinski definition) is 5. The molecule has 0 saturated heterocycles. The molecular weight excluding hydrogens is 346 g/mol. The fourth-order valence-electron chi connectivity index (χ4n) is 3.26. The highest BCUT2D eigenvalue weighted by atomic mass is 16.5. The molecule has 0 bridgehead atoms. The van der Waals surface area contributed by atoms with Crippen molar-refractivity contribution in [1.82, 2.24) is 9.97 Å². The Morgan fingerprint density at radius 3 is 2.26 bits per heavy atom. The highest BCUT2D eigenvalue weighted by Gasteiger charge is 2.29. The van der Waals surface area contributed by atoms with Crippen molar-refractivity contribution in [2.45, 2.75) is 5.92 Å². The van der Waals surface area contributed by atoms with Crippen molar-refractivity contribution in [2.75, 3.05) is 11.9 Å². The summed E-state index contributed by atoms with van der Waals surface area (Å²) < 4.78 is 5.37. The number of amides is 1. The molecule has 1 aliphatic carbocycles. The van der Waals surface area contributed by atoms with Crippen molar-refractivity contribution in [3.05, 3.63) is 77.6 Å². The normalized spacial score (nSPS) is 12.1. The number of nitrogens with zero attached hydrogens (tertiary/aromatic N) is 2. The van der Waals surface area contributed by atoms with Crippen LogP contribution in [0.5, 0.6) is 0 Å². The van der Waals surface area contributed by atoms with E-state index in [4.69, 9.17) is 9.84 Å². The Hall–Kier alpha value is -3.74. The maximum Gasteiger partial charge on any atom is 0.414 e. The van der Waals surface area contributed by atoms with Crippen LogP contribution in [0.1, 0.15) is 27.5 Å². The number of carbonyl (C=O) groups is 2. The zero-order valence-corrected chi connectivity index (χ0v) is 14.1. The lowest BCUT2D eigenvalue weighted by atomic mass is 9.98. The van der Waals surface area contributed by atoms with E-state index >= 15 is 0 Å². The van der Waals surface area contributed by atoms with Crippen LogP contribution in [-0.2, 0) is 4.74 Å². The first kappa shape index (κ1) is 16.7. The first-order valence-electron chi connectivity index (χ1n) is 8.32. The van der Waals surface area contributed by atoms with Gasteiger partial charge in [0.15, 0.2) is 5.69 Å². The molecule has 27 heavy (non-hydrogen) atoms. The number of ether oxygens (including phenoxy) is 1. The molecule has 0 fully saturated rings. The van der Waals surface area contributed by atoms with E-state index < -0.39 is 12.1 Å². The second kappa shape index (κ2) is 6.87. The van der Waals surface area contributed by atoms with E-state index in [1.807, 2.05) is 36.4 Å². The third kappa shape index (κ3) is 3.22. The van der Waals surface area contributed by atoms with Crippen LogP contribution in [0, 0.1) is 0 Å². The third-order valence-corrected chi connectivity index (χ3v) is 4.43. The van der Waals surface area contributed by atoms with Crippen LogP contribution in [0.4, 0.5) is 10.7 Å². The van der Waals surface area contributed by atoms with Gasteiger partial charge in [0.1, 0.15) is 6.61 Å². The average molecular weight is 361 g/mol. The molecule has 7 heteroatoms. The van der Waals surface area contributed by atoms with Gasteiger partial charge in [0, 0.05) is 12.1 Å². The topological polar surface area (TPSA) is 101 Å². The second-order valence-corrected chi connectivity index (χ2v) is 6.02. The van der Waals surface area contributed by atoms with Crippen LogP contribution in [-0.4, -0.2) is 33.7 Å². The Kier molecular flexibility index (Phi) is 4.25. The van der Waals surface area contributed by atoms with E-state index in [1.165, 1.54) is 12.3 Å². The highest BCUT2D eigenvalue weighted by molar-refractivity contribution is 5.87. The molecule has 1 aliphatic rings. The Balaban J connectivity index is 1.48. The number of fused-ring (bicyclic) bond motifs is 3. The smallest absolute Gasteiger partial charge is 0.414 e. The van der Waals surface area contributed by atoms with Gasteiger partial charge >= 0.3 is 12.1 Å². The minimum absolute atomic E-state index is 0.0607. The van der Waals surface area contributed by atoms with Gasteiger partial charge in [-0.1, -0.05) is 48.5 Å². The quantitative estimate of drug-likeness (QED) is 0.737. The largest absolute Gasteiger partial charge is 0.477 e. The zero-order chi connectivity index (χ0) is 18.8. The Labute approximate surface area is 154 Å². The number of anilines is 1. The van der Waals surface area contributed by atoms with Crippen LogP contribution in [0.2, 0.25) is 0 Å². The molecule has 3 aromatic rings. The summed E-state index contributed by atoms with van der Waals surface area (Å²) in [5, 5.41) is 11.3. The predicted octanol–water partition coefficient (Wildman–Crippen LogP) is 3.54. The van der Waals surface area contributed by atoms with E-state index in [0.29, 0.717) is 0 Å². The lowest BCUT2D eigenvalue weighted by Gasteiger charge is -2.14. The van der Waals surface area contributed by atoms with Crippen molar-refractivity contribution < 1.29 is 19.4 Å². The van der Waals surface area contributed by atoms with Crippen LogP contribution >= 0.6 is 0 Å². The summed E-state index contributed by atoms with van der Waals surface area (Å²) in [5.41, 5.74) is 4.28. The fourth-order valence-corrected chi connectivity index (χ4v) is 3.26. The minimum atomic E-state index is -1.20. The van der Waals surface area contributed by atoms with E-state index in [2.05, 4.69) is 27.4 Å². The van der Waals surface area contributed by atoms with E-state index in [1.54, 1.807) is 0 Å². The number of carboxylic acids is 1. The number of hydrogen-bond donors (Lipinski definition) is 2. The Morgan fingerprint density at radius 2 is 1.63 bits per heavy atom. The maximum absolute atomic E-state index is 12.1. The van der Waals surface area contributed by atoms with Gasteiger partial charge in [0.25, 0.3) is 0 Å².